The fourth-order valence-corrected chi connectivity index (χ4v) is 4.54. The first-order valence-corrected chi connectivity index (χ1v) is 12.1. The van der Waals surface area contributed by atoms with Crippen LogP contribution in [0, 0.1) is 5.95 Å². The molecule has 206 valence electrons. The van der Waals surface area contributed by atoms with Crippen LogP contribution in [0.2, 0.25) is 0 Å². The van der Waals surface area contributed by atoms with Gasteiger partial charge in [0.25, 0.3) is 0 Å². The third-order valence-corrected chi connectivity index (χ3v) is 6.24. The molecule has 0 aliphatic carbocycles. The summed E-state index contributed by atoms with van der Waals surface area (Å²) in [5.74, 6) is -1.22. The van der Waals surface area contributed by atoms with Crippen LogP contribution < -0.4 is 14.8 Å². The maximum absolute atomic E-state index is 14.8. The second kappa shape index (κ2) is 10.4. The van der Waals surface area contributed by atoms with Crippen molar-refractivity contribution < 1.29 is 40.2 Å². The van der Waals surface area contributed by atoms with Crippen molar-refractivity contribution in [2.75, 3.05) is 5.32 Å². The van der Waals surface area contributed by atoms with Crippen LogP contribution in [0.1, 0.15) is 32.0 Å². The summed E-state index contributed by atoms with van der Waals surface area (Å²) >= 11 is 0.543. The molecule has 0 aliphatic heterocycles. The Bertz CT molecular complexity index is 1460. The average Bonchev–Trinajstić information content (AvgIpc) is 3.25. The van der Waals surface area contributed by atoms with Gasteiger partial charge in [-0.1, -0.05) is 50.3 Å². The monoisotopic (exact) mass is 571 g/mol. The van der Waals surface area contributed by atoms with Gasteiger partial charge in [0.1, 0.15) is 11.5 Å². The molecule has 13 heteroatoms. The molecule has 0 bridgehead atoms. The normalized spacial score (nSPS) is 12.4. The molecule has 0 radical (unpaired) electrons. The maximum Gasteiger partial charge on any atom is 0.573 e. The van der Waals surface area contributed by atoms with Crippen LogP contribution >= 0.6 is 11.3 Å². The first-order valence-electron chi connectivity index (χ1n) is 11.3. The summed E-state index contributed by atoms with van der Waals surface area (Å²) in [6.07, 6.45) is -9.84. The third-order valence-electron chi connectivity index (χ3n) is 5.22. The van der Waals surface area contributed by atoms with Gasteiger partial charge in [0.05, 0.1) is 10.6 Å². The van der Waals surface area contributed by atoms with E-state index in [0.717, 1.165) is 29.8 Å². The standard InChI is InChI=1S/C26H20F7N3O2S/c1-24(2,3)16-6-4-5-7-18(16)37-19-13-12-17(22(27)35-19)34-23-36-21(25(28,29)30)20(39-23)14-8-10-15(11-9-14)38-26(31,32)33/h4-13H,1-3H3,(H,34,36). The molecule has 0 aliphatic rings. The maximum atomic E-state index is 14.8. The molecule has 2 aromatic carbocycles. The molecule has 1 N–H and O–H groups in total. The van der Waals surface area contributed by atoms with Crippen LogP contribution in [0.15, 0.2) is 60.7 Å². The zero-order valence-electron chi connectivity index (χ0n) is 20.5. The third kappa shape index (κ3) is 6.96. The summed E-state index contributed by atoms with van der Waals surface area (Å²) in [5.41, 5.74) is -0.994. The number of para-hydroxylation sites is 1. The van der Waals surface area contributed by atoms with Crippen molar-refractivity contribution in [3.8, 4) is 27.8 Å². The lowest BCUT2D eigenvalue weighted by atomic mass is 9.86. The largest absolute Gasteiger partial charge is 0.573 e. The van der Waals surface area contributed by atoms with Gasteiger partial charge in [0, 0.05) is 11.6 Å². The van der Waals surface area contributed by atoms with Gasteiger partial charge in [-0.15, -0.1) is 13.2 Å². The SMILES string of the molecule is CC(C)(C)c1ccccc1Oc1ccc(Nc2nc(C(F)(F)F)c(-c3ccc(OC(F)(F)F)cc3)s2)c(F)n1. The molecule has 0 unspecified atom stereocenters. The lowest BCUT2D eigenvalue weighted by molar-refractivity contribution is -0.274. The predicted molar refractivity (Wildman–Crippen MR) is 132 cm³/mol. The Kier molecular flexibility index (Phi) is 7.48. The number of pyridine rings is 1. The number of benzene rings is 2. The minimum atomic E-state index is -4.95. The summed E-state index contributed by atoms with van der Waals surface area (Å²) in [5, 5.41) is 2.18. The van der Waals surface area contributed by atoms with Crippen molar-refractivity contribution in [2.45, 2.75) is 38.7 Å². The number of nitrogens with one attached hydrogen (secondary N) is 1. The van der Waals surface area contributed by atoms with Crippen LogP contribution in [0.5, 0.6) is 17.4 Å². The van der Waals surface area contributed by atoms with E-state index in [1.165, 1.54) is 12.1 Å². The lowest BCUT2D eigenvalue weighted by Gasteiger charge is -2.22. The summed E-state index contributed by atoms with van der Waals surface area (Å²) in [6.45, 7) is 5.95. The topological polar surface area (TPSA) is 56.3 Å². The number of alkyl halides is 6. The van der Waals surface area contributed by atoms with Gasteiger partial charge in [-0.25, -0.2) is 4.98 Å². The van der Waals surface area contributed by atoms with E-state index >= 15 is 0 Å². The lowest BCUT2D eigenvalue weighted by Crippen LogP contribution is -2.16. The van der Waals surface area contributed by atoms with Gasteiger partial charge >= 0.3 is 12.5 Å². The Labute approximate surface area is 222 Å². The van der Waals surface area contributed by atoms with Crippen LogP contribution in [0.4, 0.5) is 41.6 Å². The van der Waals surface area contributed by atoms with Crippen molar-refractivity contribution in [1.29, 1.82) is 0 Å². The Morgan fingerprint density at radius 3 is 2.08 bits per heavy atom. The molecular weight excluding hydrogens is 551 g/mol. The minimum absolute atomic E-state index is 0.0535. The second-order valence-corrected chi connectivity index (χ2v) is 10.2. The van der Waals surface area contributed by atoms with E-state index in [1.807, 2.05) is 32.9 Å². The van der Waals surface area contributed by atoms with E-state index in [-0.39, 0.29) is 32.6 Å². The highest BCUT2D eigenvalue weighted by molar-refractivity contribution is 7.19. The second-order valence-electron chi connectivity index (χ2n) is 9.23. The highest BCUT2D eigenvalue weighted by Crippen LogP contribution is 2.43. The highest BCUT2D eigenvalue weighted by atomic mass is 32.1. The summed E-state index contributed by atoms with van der Waals surface area (Å²) in [7, 11) is 0. The molecule has 2 aromatic heterocycles. The molecule has 39 heavy (non-hydrogen) atoms. The minimum Gasteiger partial charge on any atom is -0.439 e. The van der Waals surface area contributed by atoms with Gasteiger partial charge in [-0.3, -0.25) is 0 Å². The molecule has 5 nitrogen and oxygen atoms in total. The average molecular weight is 572 g/mol. The van der Waals surface area contributed by atoms with Gasteiger partial charge in [-0.2, -0.15) is 22.5 Å². The van der Waals surface area contributed by atoms with E-state index in [2.05, 4.69) is 20.0 Å². The van der Waals surface area contributed by atoms with Crippen molar-refractivity contribution >= 4 is 22.2 Å². The van der Waals surface area contributed by atoms with E-state index in [0.29, 0.717) is 17.1 Å². The van der Waals surface area contributed by atoms with Gasteiger partial charge < -0.3 is 14.8 Å². The zero-order chi connectivity index (χ0) is 28.6. The first-order chi connectivity index (χ1) is 18.1. The molecule has 0 fully saturated rings. The van der Waals surface area contributed by atoms with Crippen LogP contribution in [-0.4, -0.2) is 16.3 Å². The number of anilines is 2. The zero-order valence-corrected chi connectivity index (χ0v) is 21.4. The number of nitrogens with zero attached hydrogens (tertiary/aromatic N) is 2. The summed E-state index contributed by atoms with van der Waals surface area (Å²) in [6, 6.07) is 13.6. The molecule has 0 saturated carbocycles. The summed E-state index contributed by atoms with van der Waals surface area (Å²) < 4.78 is 103. The van der Waals surface area contributed by atoms with Gasteiger partial charge in [-0.05, 0) is 47.4 Å². The number of hydrogen-bond acceptors (Lipinski definition) is 6. The number of halogens is 7. The Morgan fingerprint density at radius 2 is 1.49 bits per heavy atom. The van der Waals surface area contributed by atoms with E-state index in [4.69, 9.17) is 4.74 Å². The number of aromatic nitrogens is 2. The van der Waals surface area contributed by atoms with Crippen molar-refractivity contribution in [3.63, 3.8) is 0 Å². The van der Waals surface area contributed by atoms with Crippen molar-refractivity contribution in [3.05, 3.63) is 77.9 Å². The van der Waals surface area contributed by atoms with Crippen LogP contribution in [-0.2, 0) is 11.6 Å². The summed E-state index contributed by atoms with van der Waals surface area (Å²) in [4.78, 5) is 6.93. The van der Waals surface area contributed by atoms with E-state index < -0.39 is 29.9 Å². The fourth-order valence-electron chi connectivity index (χ4n) is 3.54. The first kappa shape index (κ1) is 28.1. The molecule has 2 heterocycles. The molecule has 4 aromatic rings. The molecule has 0 spiro atoms. The van der Waals surface area contributed by atoms with Crippen molar-refractivity contribution in [1.82, 2.24) is 9.97 Å². The predicted octanol–water partition coefficient (Wildman–Crippen LogP) is 9.09. The number of thiazole rings is 1. The molecular formula is C26H20F7N3O2S. The number of rotatable bonds is 6. The van der Waals surface area contributed by atoms with E-state index in [9.17, 15) is 30.7 Å². The van der Waals surface area contributed by atoms with Crippen LogP contribution in [0.3, 0.4) is 0 Å². The highest BCUT2D eigenvalue weighted by Gasteiger charge is 2.38. The fraction of sp³-hybridized carbons (Fsp3) is 0.231. The molecule has 0 amide bonds. The molecule has 4 rings (SSSR count). The van der Waals surface area contributed by atoms with Crippen molar-refractivity contribution in [2.24, 2.45) is 0 Å². The van der Waals surface area contributed by atoms with Gasteiger partial charge in [0.2, 0.25) is 11.8 Å². The van der Waals surface area contributed by atoms with Gasteiger partial charge in [0.15, 0.2) is 10.8 Å². The number of hydrogen-bond donors (Lipinski definition) is 1. The Hall–Kier alpha value is -3.87. The number of ether oxygens (including phenoxy) is 2. The molecule has 0 saturated heterocycles. The van der Waals surface area contributed by atoms with E-state index in [1.54, 1.807) is 12.1 Å². The Balaban J connectivity index is 1.59. The molecule has 0 atom stereocenters. The smallest absolute Gasteiger partial charge is 0.439 e. The quantitative estimate of drug-likeness (QED) is 0.185. The Morgan fingerprint density at radius 1 is 0.821 bits per heavy atom. The van der Waals surface area contributed by atoms with Crippen LogP contribution in [0.25, 0.3) is 10.4 Å².